The van der Waals surface area contributed by atoms with Crippen molar-refractivity contribution in [3.8, 4) is 0 Å². The molecular formula is C16H18NO2+. The predicted molar refractivity (Wildman–Crippen MR) is 71.4 cm³/mol. The van der Waals surface area contributed by atoms with Gasteiger partial charge in [-0.3, -0.25) is 0 Å². The first-order valence-corrected chi connectivity index (χ1v) is 6.64. The van der Waals surface area contributed by atoms with Gasteiger partial charge in [-0.25, -0.2) is 0 Å². The van der Waals surface area contributed by atoms with Crippen molar-refractivity contribution in [3.63, 3.8) is 0 Å². The molecule has 19 heavy (non-hydrogen) atoms. The number of rotatable bonds is 3. The second kappa shape index (κ2) is 5.51. The number of nitrogens with zero attached hydrogens (tertiary/aromatic N) is 1. The molecule has 1 N–H and O–H groups in total. The van der Waals surface area contributed by atoms with Crippen LogP contribution in [-0.4, -0.2) is 17.3 Å². The minimum atomic E-state index is -0.441. The molecule has 2 heterocycles. The van der Waals surface area contributed by atoms with E-state index in [2.05, 4.69) is 10.6 Å². The second-order valence-electron chi connectivity index (χ2n) is 4.95. The molecule has 0 fully saturated rings. The van der Waals surface area contributed by atoms with Gasteiger partial charge in [0.05, 0.1) is 19.1 Å². The van der Waals surface area contributed by atoms with Crippen LogP contribution in [0.4, 0.5) is 0 Å². The van der Waals surface area contributed by atoms with Gasteiger partial charge in [-0.05, 0) is 5.56 Å². The van der Waals surface area contributed by atoms with E-state index < -0.39 is 6.10 Å². The summed E-state index contributed by atoms with van der Waals surface area (Å²) in [4.78, 5) is 0. The Morgan fingerprint density at radius 1 is 1.11 bits per heavy atom. The number of aliphatic hydroxyl groups is 1. The fourth-order valence-corrected chi connectivity index (χ4v) is 2.48. The van der Waals surface area contributed by atoms with Crippen LogP contribution in [0.5, 0.6) is 0 Å². The first kappa shape index (κ1) is 12.3. The minimum Gasteiger partial charge on any atom is -0.384 e. The molecule has 0 saturated heterocycles. The molecule has 1 aliphatic heterocycles. The molecule has 2 atom stereocenters. The van der Waals surface area contributed by atoms with Gasteiger partial charge in [0.1, 0.15) is 6.10 Å². The van der Waals surface area contributed by atoms with Crippen molar-refractivity contribution in [3.05, 3.63) is 66.0 Å². The molecule has 0 bridgehead atoms. The number of fused-ring (bicyclic) bond motifs is 1. The molecule has 1 aromatic carbocycles. The molecule has 1 aromatic heterocycles. The van der Waals surface area contributed by atoms with Gasteiger partial charge in [0.2, 0.25) is 0 Å². The third kappa shape index (κ3) is 2.83. The van der Waals surface area contributed by atoms with Gasteiger partial charge in [-0.15, -0.1) is 0 Å². The monoisotopic (exact) mass is 256 g/mol. The summed E-state index contributed by atoms with van der Waals surface area (Å²) in [6.07, 6.45) is 2.20. The number of ether oxygens (including phenoxy) is 1. The molecule has 0 amide bonds. The average Bonchev–Trinajstić information content (AvgIpc) is 2.46. The molecule has 0 aliphatic carbocycles. The number of aromatic nitrogens is 1. The number of hydrogen-bond acceptors (Lipinski definition) is 2. The van der Waals surface area contributed by atoms with Gasteiger partial charge in [0, 0.05) is 12.1 Å². The Kier molecular flexibility index (Phi) is 3.58. The number of benzene rings is 1. The summed E-state index contributed by atoms with van der Waals surface area (Å²) in [7, 11) is 0. The Balaban J connectivity index is 1.66. The van der Waals surface area contributed by atoms with Crippen molar-refractivity contribution < 1.29 is 14.4 Å². The molecule has 1 aliphatic rings. The summed E-state index contributed by atoms with van der Waals surface area (Å²) >= 11 is 0. The van der Waals surface area contributed by atoms with Gasteiger partial charge in [0.15, 0.2) is 18.4 Å². The van der Waals surface area contributed by atoms with E-state index in [4.69, 9.17) is 4.74 Å². The minimum absolute atomic E-state index is 0.123. The summed E-state index contributed by atoms with van der Waals surface area (Å²) in [5, 5.41) is 10.1. The normalized spacial score (nSPS) is 21.9. The highest BCUT2D eigenvalue weighted by molar-refractivity contribution is 5.13. The van der Waals surface area contributed by atoms with Crippen molar-refractivity contribution in [1.29, 1.82) is 0 Å². The van der Waals surface area contributed by atoms with E-state index >= 15 is 0 Å². The van der Waals surface area contributed by atoms with E-state index in [1.165, 1.54) is 5.69 Å². The van der Waals surface area contributed by atoms with Crippen LogP contribution in [0, 0.1) is 0 Å². The molecule has 3 nitrogen and oxygen atoms in total. The smallest absolute Gasteiger partial charge is 0.184 e. The zero-order chi connectivity index (χ0) is 13.1. The highest BCUT2D eigenvalue weighted by Gasteiger charge is 2.32. The molecule has 3 rings (SSSR count). The average molecular weight is 256 g/mol. The Morgan fingerprint density at radius 2 is 1.89 bits per heavy atom. The Hall–Kier alpha value is -1.71. The van der Waals surface area contributed by atoms with Gasteiger partial charge in [0.25, 0.3) is 0 Å². The van der Waals surface area contributed by atoms with Crippen LogP contribution in [0.2, 0.25) is 0 Å². The third-order valence-corrected chi connectivity index (χ3v) is 3.56. The van der Waals surface area contributed by atoms with E-state index in [0.717, 1.165) is 12.0 Å². The van der Waals surface area contributed by atoms with Crippen molar-refractivity contribution >= 4 is 0 Å². The molecule has 0 spiro atoms. The van der Waals surface area contributed by atoms with Gasteiger partial charge < -0.3 is 9.84 Å². The van der Waals surface area contributed by atoms with Crippen LogP contribution in [0.25, 0.3) is 0 Å². The SMILES string of the molecule is O[C@@H]1C[n+]2ccccc2C[C@H]1OCc1ccccc1. The lowest BCUT2D eigenvalue weighted by Gasteiger charge is -2.25. The van der Waals surface area contributed by atoms with Gasteiger partial charge in [-0.1, -0.05) is 36.4 Å². The summed E-state index contributed by atoms with van der Waals surface area (Å²) < 4.78 is 7.97. The van der Waals surface area contributed by atoms with Crippen LogP contribution >= 0.6 is 0 Å². The Bertz CT molecular complexity index is 541. The van der Waals surface area contributed by atoms with E-state index in [1.54, 1.807) is 0 Å². The van der Waals surface area contributed by atoms with Crippen molar-refractivity contribution in [2.24, 2.45) is 0 Å². The Labute approximate surface area is 113 Å². The summed E-state index contributed by atoms with van der Waals surface area (Å²) in [6.45, 7) is 1.16. The number of pyridine rings is 1. The van der Waals surface area contributed by atoms with E-state index in [9.17, 15) is 5.11 Å². The van der Waals surface area contributed by atoms with Crippen LogP contribution in [0.15, 0.2) is 54.7 Å². The standard InChI is InChI=1S/C16H18NO2/c18-15-11-17-9-5-4-8-14(17)10-16(15)19-12-13-6-2-1-3-7-13/h1-9,15-16,18H,10-12H2/q+1/t15-,16-/m1/s1. The van der Waals surface area contributed by atoms with Gasteiger partial charge in [-0.2, -0.15) is 4.57 Å². The Morgan fingerprint density at radius 3 is 2.74 bits per heavy atom. The predicted octanol–water partition coefficient (Wildman–Crippen LogP) is 1.48. The summed E-state index contributed by atoms with van der Waals surface area (Å²) in [5.74, 6) is 0. The van der Waals surface area contributed by atoms with Crippen molar-refractivity contribution in [1.82, 2.24) is 0 Å². The van der Waals surface area contributed by atoms with Crippen LogP contribution in [-0.2, 0) is 24.3 Å². The van der Waals surface area contributed by atoms with Crippen molar-refractivity contribution in [2.75, 3.05) is 0 Å². The van der Waals surface area contributed by atoms with Crippen LogP contribution < -0.4 is 4.57 Å². The lowest BCUT2D eigenvalue weighted by atomic mass is 10.0. The van der Waals surface area contributed by atoms with Crippen LogP contribution in [0.3, 0.4) is 0 Å². The van der Waals surface area contributed by atoms with Crippen molar-refractivity contribution in [2.45, 2.75) is 31.8 Å². The highest BCUT2D eigenvalue weighted by atomic mass is 16.5. The molecule has 0 unspecified atom stereocenters. The largest absolute Gasteiger partial charge is 0.384 e. The zero-order valence-corrected chi connectivity index (χ0v) is 10.8. The lowest BCUT2D eigenvalue weighted by Crippen LogP contribution is -2.53. The number of aliphatic hydroxyl groups excluding tert-OH is 1. The quantitative estimate of drug-likeness (QED) is 0.844. The maximum absolute atomic E-state index is 10.1. The van der Waals surface area contributed by atoms with E-state index in [0.29, 0.717) is 13.2 Å². The fraction of sp³-hybridized carbons (Fsp3) is 0.312. The first-order chi connectivity index (χ1) is 9.33. The molecule has 0 radical (unpaired) electrons. The third-order valence-electron chi connectivity index (χ3n) is 3.56. The number of hydrogen-bond donors (Lipinski definition) is 1. The van der Waals surface area contributed by atoms with Gasteiger partial charge >= 0.3 is 0 Å². The zero-order valence-electron chi connectivity index (χ0n) is 10.8. The second-order valence-corrected chi connectivity index (χ2v) is 4.95. The molecular weight excluding hydrogens is 238 g/mol. The first-order valence-electron chi connectivity index (χ1n) is 6.64. The van der Waals surface area contributed by atoms with Crippen LogP contribution in [0.1, 0.15) is 11.3 Å². The fourth-order valence-electron chi connectivity index (χ4n) is 2.48. The maximum Gasteiger partial charge on any atom is 0.184 e. The maximum atomic E-state index is 10.1. The summed E-state index contributed by atoms with van der Waals surface area (Å²) in [5.41, 5.74) is 2.35. The topological polar surface area (TPSA) is 33.3 Å². The molecule has 2 aromatic rings. The lowest BCUT2D eigenvalue weighted by molar-refractivity contribution is -0.718. The molecule has 0 saturated carbocycles. The highest BCUT2D eigenvalue weighted by Crippen LogP contribution is 2.14. The molecule has 3 heteroatoms. The molecule has 98 valence electrons. The van der Waals surface area contributed by atoms with E-state index in [1.807, 2.05) is 48.7 Å². The van der Waals surface area contributed by atoms with E-state index in [-0.39, 0.29) is 6.10 Å². The summed E-state index contributed by atoms with van der Waals surface area (Å²) in [6, 6.07) is 16.2.